The normalized spacial score (nSPS) is 10.4. The highest BCUT2D eigenvalue weighted by atomic mass is 79.9. The lowest BCUT2D eigenvalue weighted by Gasteiger charge is -2.09. The molecule has 0 heterocycles. The zero-order valence-electron chi connectivity index (χ0n) is 9.66. The van der Waals surface area contributed by atoms with Gasteiger partial charge in [0.25, 0.3) is 0 Å². The third-order valence-corrected chi connectivity index (χ3v) is 3.51. The Balaban J connectivity index is 2.02. The molecule has 0 atom stereocenters. The summed E-state index contributed by atoms with van der Waals surface area (Å²) in [4.78, 5) is 0. The summed E-state index contributed by atoms with van der Waals surface area (Å²) < 4.78 is 0.946. The molecule has 0 aliphatic rings. The van der Waals surface area contributed by atoms with E-state index in [2.05, 4.69) is 21.2 Å². The summed E-state index contributed by atoms with van der Waals surface area (Å²) in [7, 11) is 0. The maximum atomic E-state index is 8.96. The van der Waals surface area contributed by atoms with E-state index in [0.29, 0.717) is 5.02 Å². The average molecular weight is 327 g/mol. The van der Waals surface area contributed by atoms with E-state index < -0.39 is 0 Å². The molecule has 0 aliphatic carbocycles. The van der Waals surface area contributed by atoms with Crippen LogP contribution in [-0.4, -0.2) is 5.11 Å². The standard InChI is InChI=1S/C14H13BrClNO/c15-13-7-12(16)5-6-14(13)17-8-10-1-3-11(9-18)4-2-10/h1-7,17-18H,8-9H2. The summed E-state index contributed by atoms with van der Waals surface area (Å²) in [6, 6.07) is 13.5. The largest absolute Gasteiger partial charge is 0.392 e. The molecule has 0 spiro atoms. The van der Waals surface area contributed by atoms with Gasteiger partial charge in [-0.2, -0.15) is 0 Å². The molecule has 18 heavy (non-hydrogen) atoms. The molecule has 0 saturated carbocycles. The van der Waals surface area contributed by atoms with Gasteiger partial charge in [-0.05, 0) is 45.3 Å². The molecule has 2 rings (SSSR count). The van der Waals surface area contributed by atoms with E-state index in [1.807, 2.05) is 42.5 Å². The molecule has 0 saturated heterocycles. The molecule has 2 nitrogen and oxygen atoms in total. The minimum Gasteiger partial charge on any atom is -0.392 e. The Labute approximate surface area is 120 Å². The molecule has 4 heteroatoms. The van der Waals surface area contributed by atoms with Gasteiger partial charge >= 0.3 is 0 Å². The number of halogens is 2. The van der Waals surface area contributed by atoms with Crippen LogP contribution >= 0.6 is 27.5 Å². The minimum atomic E-state index is 0.0798. The van der Waals surface area contributed by atoms with Gasteiger partial charge in [-0.25, -0.2) is 0 Å². The Morgan fingerprint density at radius 2 is 1.72 bits per heavy atom. The molecular weight excluding hydrogens is 314 g/mol. The van der Waals surface area contributed by atoms with Crippen molar-refractivity contribution in [3.63, 3.8) is 0 Å². The number of hydrogen-bond acceptors (Lipinski definition) is 2. The van der Waals surface area contributed by atoms with Gasteiger partial charge in [0, 0.05) is 21.7 Å². The molecule has 0 amide bonds. The number of rotatable bonds is 4. The van der Waals surface area contributed by atoms with Gasteiger partial charge in [-0.3, -0.25) is 0 Å². The number of hydrogen-bond donors (Lipinski definition) is 2. The van der Waals surface area contributed by atoms with E-state index in [1.54, 1.807) is 0 Å². The molecular formula is C14H13BrClNO. The molecule has 0 bridgehead atoms. The van der Waals surface area contributed by atoms with E-state index in [1.165, 1.54) is 0 Å². The van der Waals surface area contributed by atoms with Gasteiger partial charge in [0.2, 0.25) is 0 Å². The van der Waals surface area contributed by atoms with Gasteiger partial charge in [0.15, 0.2) is 0 Å². The van der Waals surface area contributed by atoms with Crippen molar-refractivity contribution in [2.24, 2.45) is 0 Å². The summed E-state index contributed by atoms with van der Waals surface area (Å²) in [5.74, 6) is 0. The highest BCUT2D eigenvalue weighted by Crippen LogP contribution is 2.26. The fraction of sp³-hybridized carbons (Fsp3) is 0.143. The second kappa shape index (κ2) is 6.23. The maximum absolute atomic E-state index is 8.96. The Morgan fingerprint density at radius 1 is 1.06 bits per heavy atom. The van der Waals surface area contributed by atoms with E-state index >= 15 is 0 Å². The van der Waals surface area contributed by atoms with Gasteiger partial charge in [0.05, 0.1) is 6.61 Å². The van der Waals surface area contributed by atoms with Crippen LogP contribution in [0.2, 0.25) is 5.02 Å². The first-order chi connectivity index (χ1) is 8.69. The fourth-order valence-electron chi connectivity index (χ4n) is 1.59. The van der Waals surface area contributed by atoms with E-state index in [4.69, 9.17) is 16.7 Å². The molecule has 2 aromatic carbocycles. The Hall–Kier alpha value is -1.03. The highest BCUT2D eigenvalue weighted by Gasteiger charge is 2.00. The van der Waals surface area contributed by atoms with Crippen LogP contribution in [0.15, 0.2) is 46.9 Å². The summed E-state index contributed by atoms with van der Waals surface area (Å²) >= 11 is 9.35. The molecule has 0 radical (unpaired) electrons. The molecule has 0 aliphatic heterocycles. The predicted molar refractivity (Wildman–Crippen MR) is 78.8 cm³/mol. The summed E-state index contributed by atoms with van der Waals surface area (Å²) in [6.45, 7) is 0.808. The predicted octanol–water partition coefficient (Wildman–Crippen LogP) is 4.21. The van der Waals surface area contributed by atoms with E-state index in [-0.39, 0.29) is 6.61 Å². The molecule has 2 N–H and O–H groups in total. The minimum absolute atomic E-state index is 0.0798. The lowest BCUT2D eigenvalue weighted by molar-refractivity contribution is 0.282. The van der Waals surface area contributed by atoms with Crippen LogP contribution in [0.3, 0.4) is 0 Å². The first-order valence-electron chi connectivity index (χ1n) is 5.56. The lowest BCUT2D eigenvalue weighted by Crippen LogP contribution is -2.00. The third-order valence-electron chi connectivity index (χ3n) is 2.62. The van der Waals surface area contributed by atoms with Crippen LogP contribution in [0.4, 0.5) is 5.69 Å². The fourth-order valence-corrected chi connectivity index (χ4v) is 2.42. The monoisotopic (exact) mass is 325 g/mol. The van der Waals surface area contributed by atoms with Crippen molar-refractivity contribution in [2.75, 3.05) is 5.32 Å². The summed E-state index contributed by atoms with van der Waals surface area (Å²) in [5, 5.41) is 13.0. The van der Waals surface area contributed by atoms with Crippen LogP contribution in [0.25, 0.3) is 0 Å². The SMILES string of the molecule is OCc1ccc(CNc2ccc(Cl)cc2Br)cc1. The average Bonchev–Trinajstić information content (AvgIpc) is 2.38. The molecule has 94 valence electrons. The Kier molecular flexibility index (Phi) is 4.64. The smallest absolute Gasteiger partial charge is 0.0681 e. The molecule has 2 aromatic rings. The Bertz CT molecular complexity index is 528. The van der Waals surface area contributed by atoms with E-state index in [0.717, 1.165) is 27.8 Å². The van der Waals surface area contributed by atoms with Crippen LogP contribution in [-0.2, 0) is 13.2 Å². The second-order valence-corrected chi connectivity index (χ2v) is 5.24. The van der Waals surface area contributed by atoms with Crippen molar-refractivity contribution in [3.05, 3.63) is 63.1 Å². The van der Waals surface area contributed by atoms with E-state index in [9.17, 15) is 0 Å². The van der Waals surface area contributed by atoms with Gasteiger partial charge in [-0.1, -0.05) is 35.9 Å². The zero-order valence-corrected chi connectivity index (χ0v) is 12.0. The van der Waals surface area contributed by atoms with Crippen molar-refractivity contribution in [2.45, 2.75) is 13.2 Å². The van der Waals surface area contributed by atoms with Gasteiger partial charge < -0.3 is 10.4 Å². The van der Waals surface area contributed by atoms with Crippen molar-refractivity contribution in [1.29, 1.82) is 0 Å². The van der Waals surface area contributed by atoms with Crippen molar-refractivity contribution >= 4 is 33.2 Å². The number of aliphatic hydroxyl groups is 1. The number of aliphatic hydroxyl groups excluding tert-OH is 1. The van der Waals surface area contributed by atoms with Crippen LogP contribution in [0.1, 0.15) is 11.1 Å². The summed E-state index contributed by atoms with van der Waals surface area (Å²) in [5.41, 5.74) is 3.09. The molecule has 0 fully saturated rings. The second-order valence-electron chi connectivity index (χ2n) is 3.95. The highest BCUT2D eigenvalue weighted by molar-refractivity contribution is 9.10. The van der Waals surface area contributed by atoms with Crippen LogP contribution < -0.4 is 5.32 Å². The first kappa shape index (κ1) is 13.4. The van der Waals surface area contributed by atoms with Gasteiger partial charge in [-0.15, -0.1) is 0 Å². The quantitative estimate of drug-likeness (QED) is 0.882. The van der Waals surface area contributed by atoms with Crippen molar-refractivity contribution in [1.82, 2.24) is 0 Å². The third kappa shape index (κ3) is 3.48. The Morgan fingerprint density at radius 3 is 2.33 bits per heavy atom. The van der Waals surface area contributed by atoms with Crippen LogP contribution in [0.5, 0.6) is 0 Å². The summed E-state index contributed by atoms with van der Waals surface area (Å²) in [6.07, 6.45) is 0. The topological polar surface area (TPSA) is 32.3 Å². The molecule has 0 aromatic heterocycles. The zero-order chi connectivity index (χ0) is 13.0. The lowest BCUT2D eigenvalue weighted by atomic mass is 10.1. The van der Waals surface area contributed by atoms with Crippen molar-refractivity contribution < 1.29 is 5.11 Å². The molecule has 0 unspecified atom stereocenters. The first-order valence-corrected chi connectivity index (χ1v) is 6.74. The van der Waals surface area contributed by atoms with Gasteiger partial charge in [0.1, 0.15) is 0 Å². The van der Waals surface area contributed by atoms with Crippen LogP contribution in [0, 0.1) is 0 Å². The number of benzene rings is 2. The number of nitrogens with one attached hydrogen (secondary N) is 1. The number of anilines is 1. The maximum Gasteiger partial charge on any atom is 0.0681 e. The van der Waals surface area contributed by atoms with Crippen molar-refractivity contribution in [3.8, 4) is 0 Å².